The summed E-state index contributed by atoms with van der Waals surface area (Å²) in [4.78, 5) is 1.17. The Bertz CT molecular complexity index is 367. The van der Waals surface area contributed by atoms with Crippen molar-refractivity contribution in [2.45, 2.75) is 6.42 Å². The van der Waals surface area contributed by atoms with Crippen LogP contribution in [0.5, 0.6) is 0 Å². The number of thiophene rings is 1. The number of nitrogens with zero attached hydrogens (tertiary/aromatic N) is 1. The fourth-order valence-corrected chi connectivity index (χ4v) is 2.16. The zero-order valence-electron chi connectivity index (χ0n) is 7.06. The Hall–Kier alpha value is -1.13. The van der Waals surface area contributed by atoms with Crippen molar-refractivity contribution in [1.82, 2.24) is 5.16 Å². The van der Waals surface area contributed by atoms with Crippen molar-refractivity contribution < 1.29 is 4.52 Å². The van der Waals surface area contributed by atoms with Crippen LogP contribution in [-0.4, -0.2) is 11.7 Å². The van der Waals surface area contributed by atoms with Gasteiger partial charge in [-0.05, 0) is 30.0 Å². The minimum Gasteiger partial charge on any atom is -0.364 e. The monoisotopic (exact) mass is 194 g/mol. The summed E-state index contributed by atoms with van der Waals surface area (Å²) < 4.78 is 4.80. The molecule has 0 amide bonds. The molecule has 2 rings (SSSR count). The molecule has 0 spiro atoms. The van der Waals surface area contributed by atoms with Crippen molar-refractivity contribution in [3.63, 3.8) is 0 Å². The van der Waals surface area contributed by atoms with E-state index in [1.807, 2.05) is 6.07 Å². The van der Waals surface area contributed by atoms with E-state index in [0.29, 0.717) is 6.54 Å². The van der Waals surface area contributed by atoms with Crippen molar-refractivity contribution in [3.8, 4) is 10.6 Å². The van der Waals surface area contributed by atoms with Gasteiger partial charge in [-0.1, -0.05) is 5.16 Å². The lowest BCUT2D eigenvalue weighted by Crippen LogP contribution is -2.02. The van der Waals surface area contributed by atoms with Crippen LogP contribution >= 0.6 is 11.3 Å². The molecule has 0 aromatic carbocycles. The summed E-state index contributed by atoms with van der Waals surface area (Å²) >= 11 is 1.67. The van der Waals surface area contributed by atoms with Crippen LogP contribution in [0.2, 0.25) is 0 Å². The van der Waals surface area contributed by atoms with Crippen molar-refractivity contribution in [2.75, 3.05) is 6.54 Å². The molecular formula is C9H10N2OS. The average Bonchev–Trinajstić information content (AvgIpc) is 2.71. The Morgan fingerprint density at radius 1 is 1.46 bits per heavy atom. The van der Waals surface area contributed by atoms with E-state index in [9.17, 15) is 0 Å². The van der Waals surface area contributed by atoms with Gasteiger partial charge in [0.05, 0.1) is 4.88 Å². The van der Waals surface area contributed by atoms with Crippen LogP contribution in [0.1, 0.15) is 5.56 Å². The van der Waals surface area contributed by atoms with Gasteiger partial charge in [-0.3, -0.25) is 0 Å². The third-order valence-corrected chi connectivity index (χ3v) is 2.81. The van der Waals surface area contributed by atoms with Crippen LogP contribution in [-0.2, 0) is 6.42 Å². The molecule has 3 nitrogen and oxygen atoms in total. The minimum atomic E-state index is 0.668. The molecule has 2 aromatic rings. The van der Waals surface area contributed by atoms with Crippen LogP contribution in [0, 0.1) is 0 Å². The summed E-state index contributed by atoms with van der Waals surface area (Å²) in [6.45, 7) is 0.668. The maximum atomic E-state index is 5.50. The molecule has 0 atom stereocenters. The van der Waals surface area contributed by atoms with E-state index in [1.165, 1.54) is 10.4 Å². The maximum Gasteiger partial charge on any atom is 0.124 e. The van der Waals surface area contributed by atoms with Gasteiger partial charge in [0, 0.05) is 6.07 Å². The van der Waals surface area contributed by atoms with E-state index in [-0.39, 0.29) is 0 Å². The molecule has 0 fully saturated rings. The Labute approximate surface area is 80.2 Å². The van der Waals surface area contributed by atoms with E-state index >= 15 is 0 Å². The van der Waals surface area contributed by atoms with Crippen molar-refractivity contribution in [2.24, 2.45) is 5.73 Å². The van der Waals surface area contributed by atoms with Crippen molar-refractivity contribution in [3.05, 3.63) is 29.3 Å². The lowest BCUT2D eigenvalue weighted by molar-refractivity contribution is 0.422. The quantitative estimate of drug-likeness (QED) is 0.812. The highest BCUT2D eigenvalue weighted by atomic mass is 32.1. The Morgan fingerprint density at radius 3 is 3.08 bits per heavy atom. The lowest BCUT2D eigenvalue weighted by Gasteiger charge is -1.96. The first-order valence-corrected chi connectivity index (χ1v) is 4.97. The molecule has 0 saturated carbocycles. The minimum absolute atomic E-state index is 0.668. The van der Waals surface area contributed by atoms with Crippen LogP contribution in [0.25, 0.3) is 10.6 Å². The first kappa shape index (κ1) is 8.47. The van der Waals surface area contributed by atoms with Crippen molar-refractivity contribution >= 4 is 11.3 Å². The van der Waals surface area contributed by atoms with E-state index in [0.717, 1.165) is 12.1 Å². The fourth-order valence-electron chi connectivity index (χ4n) is 1.24. The summed E-state index contributed by atoms with van der Waals surface area (Å²) in [6.07, 6.45) is 2.48. The molecule has 4 heteroatoms. The Morgan fingerprint density at radius 2 is 2.38 bits per heavy atom. The SMILES string of the molecule is NCCc1ccsc1-c1ccon1. The molecule has 2 N–H and O–H groups in total. The van der Waals surface area contributed by atoms with Gasteiger partial charge >= 0.3 is 0 Å². The molecule has 0 bridgehead atoms. The predicted octanol–water partition coefficient (Wildman–Crippen LogP) is 1.90. The molecular weight excluding hydrogens is 184 g/mol. The van der Waals surface area contributed by atoms with Crippen LogP contribution in [0.4, 0.5) is 0 Å². The molecule has 68 valence electrons. The molecule has 0 aliphatic rings. The largest absolute Gasteiger partial charge is 0.364 e. The maximum absolute atomic E-state index is 5.50. The van der Waals surface area contributed by atoms with Gasteiger partial charge in [-0.25, -0.2) is 0 Å². The number of hydrogen-bond acceptors (Lipinski definition) is 4. The first-order valence-electron chi connectivity index (χ1n) is 4.09. The van der Waals surface area contributed by atoms with Gasteiger partial charge in [-0.2, -0.15) is 0 Å². The first-order chi connectivity index (χ1) is 6.42. The molecule has 0 aliphatic carbocycles. The Kier molecular flexibility index (Phi) is 2.42. The number of aromatic nitrogens is 1. The summed E-state index contributed by atoms with van der Waals surface area (Å²) in [5.74, 6) is 0. The Balaban J connectivity index is 2.35. The van der Waals surface area contributed by atoms with Gasteiger partial charge in [-0.15, -0.1) is 11.3 Å². The molecule has 2 aromatic heterocycles. The van der Waals surface area contributed by atoms with Gasteiger partial charge in [0.1, 0.15) is 12.0 Å². The smallest absolute Gasteiger partial charge is 0.124 e. The second-order valence-electron chi connectivity index (χ2n) is 2.70. The fraction of sp³-hybridized carbons (Fsp3) is 0.222. The summed E-state index contributed by atoms with van der Waals surface area (Å²) in [6, 6.07) is 3.95. The standard InChI is InChI=1S/C9H10N2OS/c10-4-1-7-3-6-13-9(7)8-2-5-12-11-8/h2-3,5-6H,1,4,10H2. The number of hydrogen-bond donors (Lipinski definition) is 1. The summed E-state index contributed by atoms with van der Waals surface area (Å²) in [5, 5.41) is 5.95. The molecule has 0 aliphatic heterocycles. The van der Waals surface area contributed by atoms with Gasteiger partial charge in [0.25, 0.3) is 0 Å². The normalized spacial score (nSPS) is 10.5. The number of rotatable bonds is 3. The molecule has 0 saturated heterocycles. The molecule has 0 unspecified atom stereocenters. The summed E-state index contributed by atoms with van der Waals surface area (Å²) in [7, 11) is 0. The predicted molar refractivity (Wildman–Crippen MR) is 52.6 cm³/mol. The average molecular weight is 194 g/mol. The van der Waals surface area contributed by atoms with E-state index in [1.54, 1.807) is 17.6 Å². The van der Waals surface area contributed by atoms with E-state index in [2.05, 4.69) is 16.6 Å². The highest BCUT2D eigenvalue weighted by Crippen LogP contribution is 2.28. The highest BCUT2D eigenvalue weighted by molar-refractivity contribution is 7.13. The van der Waals surface area contributed by atoms with Crippen LogP contribution < -0.4 is 5.73 Å². The van der Waals surface area contributed by atoms with Crippen molar-refractivity contribution in [1.29, 1.82) is 0 Å². The molecule has 2 heterocycles. The number of nitrogens with two attached hydrogens (primary N) is 1. The third-order valence-electron chi connectivity index (χ3n) is 1.83. The molecule has 0 radical (unpaired) electrons. The van der Waals surface area contributed by atoms with Gasteiger partial charge in [0.15, 0.2) is 0 Å². The highest BCUT2D eigenvalue weighted by Gasteiger charge is 2.08. The molecule has 13 heavy (non-hydrogen) atoms. The zero-order chi connectivity index (χ0) is 9.10. The van der Waals surface area contributed by atoms with E-state index < -0.39 is 0 Å². The zero-order valence-corrected chi connectivity index (χ0v) is 7.88. The lowest BCUT2D eigenvalue weighted by atomic mass is 10.1. The summed E-state index contributed by atoms with van der Waals surface area (Å²) in [5.41, 5.74) is 7.66. The topological polar surface area (TPSA) is 52.0 Å². The van der Waals surface area contributed by atoms with E-state index in [4.69, 9.17) is 10.3 Å². The van der Waals surface area contributed by atoms with Crippen LogP contribution in [0.15, 0.2) is 28.3 Å². The van der Waals surface area contributed by atoms with Gasteiger partial charge in [0.2, 0.25) is 0 Å². The third kappa shape index (κ3) is 1.64. The second kappa shape index (κ2) is 3.72. The second-order valence-corrected chi connectivity index (χ2v) is 3.61. The van der Waals surface area contributed by atoms with Gasteiger partial charge < -0.3 is 10.3 Å². The van der Waals surface area contributed by atoms with Crippen LogP contribution in [0.3, 0.4) is 0 Å².